The van der Waals surface area contributed by atoms with Crippen molar-refractivity contribution in [1.29, 1.82) is 0 Å². The number of phosphoric acid groups is 2. The van der Waals surface area contributed by atoms with Crippen LogP contribution in [0.5, 0.6) is 0 Å². The van der Waals surface area contributed by atoms with Crippen molar-refractivity contribution in [2.24, 2.45) is 0 Å². The van der Waals surface area contributed by atoms with E-state index in [-0.39, 0.29) is 6.29 Å². The molecule has 15 heteroatoms. The van der Waals surface area contributed by atoms with E-state index in [0.29, 0.717) is 0 Å². The molecule has 21 heavy (non-hydrogen) atoms. The number of carbonyl (C=O) groups is 2. The van der Waals surface area contributed by atoms with E-state index in [2.05, 4.69) is 8.83 Å². The Balaban J connectivity index is 4.83. The number of aliphatic hydroxyl groups is 4. The van der Waals surface area contributed by atoms with Crippen LogP contribution in [-0.4, -0.2) is 71.8 Å². The monoisotopic (exact) mass is 354 g/mol. The number of rotatable bonds is 8. The second-order valence-corrected chi connectivity index (χ2v) is 6.26. The van der Waals surface area contributed by atoms with Crippen LogP contribution in [0.2, 0.25) is 0 Å². The van der Waals surface area contributed by atoms with E-state index in [9.17, 15) is 23.8 Å². The molecule has 0 saturated carbocycles. The van der Waals surface area contributed by atoms with Crippen LogP contribution in [0.3, 0.4) is 0 Å². The van der Waals surface area contributed by atoms with Crippen molar-refractivity contribution < 1.29 is 62.7 Å². The van der Waals surface area contributed by atoms with E-state index in [1.807, 2.05) is 0 Å². The molecule has 0 bridgehead atoms. The van der Waals surface area contributed by atoms with E-state index in [4.69, 9.17) is 30.0 Å². The largest absolute Gasteiger partial charge is 0.538 e. The third-order valence-electron chi connectivity index (χ3n) is 1.82. The van der Waals surface area contributed by atoms with E-state index < -0.39 is 46.0 Å². The Morgan fingerprint density at radius 2 is 1.48 bits per heavy atom. The van der Waals surface area contributed by atoms with Gasteiger partial charge in [-0.15, -0.1) is 0 Å². The van der Waals surface area contributed by atoms with Crippen molar-refractivity contribution in [3.8, 4) is 0 Å². The molecule has 13 nitrogen and oxygen atoms in total. The van der Waals surface area contributed by atoms with E-state index >= 15 is 0 Å². The maximum atomic E-state index is 11.1. The summed E-state index contributed by atoms with van der Waals surface area (Å²) in [6.45, 7) is 0. The van der Waals surface area contributed by atoms with Gasteiger partial charge in [-0.3, -0.25) is 4.89 Å². The van der Waals surface area contributed by atoms with E-state index in [1.54, 1.807) is 0 Å². The van der Waals surface area contributed by atoms with Crippen molar-refractivity contribution in [3.05, 3.63) is 0 Å². The van der Waals surface area contributed by atoms with Crippen molar-refractivity contribution in [3.63, 3.8) is 0 Å². The summed E-state index contributed by atoms with van der Waals surface area (Å²) < 4.78 is 28.0. The maximum Gasteiger partial charge on any atom is 0.538 e. The Hall–Kier alpha value is -0.720. The minimum atomic E-state index is -5.62. The van der Waals surface area contributed by atoms with Crippen LogP contribution in [0.4, 0.5) is 0 Å². The summed E-state index contributed by atoms with van der Waals surface area (Å²) in [5.74, 6) is -2.11. The van der Waals surface area contributed by atoms with Gasteiger partial charge in [-0.2, -0.15) is 4.31 Å². The summed E-state index contributed by atoms with van der Waals surface area (Å²) in [6.07, 6.45) is -10.00. The summed E-state index contributed by atoms with van der Waals surface area (Å²) in [4.78, 5) is 46.5. The predicted molar refractivity (Wildman–Crippen MR) is 59.1 cm³/mol. The zero-order chi connectivity index (χ0) is 17.0. The number of aldehydes is 1. The number of hydrogen-bond donors (Lipinski definition) is 7. The number of aliphatic hydroxyl groups excluding tert-OH is 4. The van der Waals surface area contributed by atoms with Crippen LogP contribution >= 0.6 is 15.6 Å². The maximum absolute atomic E-state index is 11.1. The van der Waals surface area contributed by atoms with Crippen LogP contribution < -0.4 is 0 Å². The van der Waals surface area contributed by atoms with Gasteiger partial charge in [-0.25, -0.2) is 13.9 Å². The highest BCUT2D eigenvalue weighted by molar-refractivity contribution is 7.61. The molecule has 0 aromatic carbocycles. The SMILES string of the molecule is O=C[C@H](O)[C@@H](O)[C@H](O)[C@H](O)C(=O)OP(=O)(O)OP(=O)(O)O. The molecule has 0 radical (unpaired) electrons. The van der Waals surface area contributed by atoms with Gasteiger partial charge in [-0.05, 0) is 0 Å². The zero-order valence-electron chi connectivity index (χ0n) is 9.86. The quantitative estimate of drug-likeness (QED) is 0.165. The van der Waals surface area contributed by atoms with E-state index in [1.165, 1.54) is 0 Å². The third-order valence-corrected chi connectivity index (χ3v) is 3.91. The van der Waals surface area contributed by atoms with Crippen LogP contribution in [0.25, 0.3) is 0 Å². The molecule has 1 unspecified atom stereocenters. The minimum Gasteiger partial charge on any atom is -0.387 e. The molecule has 7 N–H and O–H groups in total. The Labute approximate surface area is 116 Å². The Bertz CT molecular complexity index is 469. The van der Waals surface area contributed by atoms with E-state index in [0.717, 1.165) is 0 Å². The van der Waals surface area contributed by atoms with Crippen LogP contribution in [0, 0.1) is 0 Å². The number of carbonyl (C=O) groups excluding carboxylic acids is 2. The molecular formula is C6H12O13P2. The van der Waals surface area contributed by atoms with Gasteiger partial charge >= 0.3 is 21.6 Å². The molecule has 0 amide bonds. The normalized spacial score (nSPS) is 20.7. The molecule has 0 heterocycles. The van der Waals surface area contributed by atoms with Gasteiger partial charge in [0.05, 0.1) is 0 Å². The molecule has 124 valence electrons. The van der Waals surface area contributed by atoms with Crippen LogP contribution in [-0.2, 0) is 27.6 Å². The average molecular weight is 354 g/mol. The van der Waals surface area contributed by atoms with Gasteiger partial charge in [-0.1, -0.05) is 0 Å². The molecular weight excluding hydrogens is 342 g/mol. The fourth-order valence-corrected chi connectivity index (χ4v) is 2.47. The molecule has 0 aromatic heterocycles. The van der Waals surface area contributed by atoms with Crippen molar-refractivity contribution in [2.45, 2.75) is 24.4 Å². The van der Waals surface area contributed by atoms with Gasteiger partial charge in [0.1, 0.15) is 18.3 Å². The number of phosphoric ester groups is 1. The molecule has 0 fully saturated rings. The first-order valence-electron chi connectivity index (χ1n) is 4.81. The molecule has 0 saturated heterocycles. The van der Waals surface area contributed by atoms with Gasteiger partial charge < -0.3 is 39.5 Å². The molecule has 0 aromatic rings. The van der Waals surface area contributed by atoms with Crippen molar-refractivity contribution in [2.75, 3.05) is 0 Å². The lowest BCUT2D eigenvalue weighted by molar-refractivity contribution is -0.162. The lowest BCUT2D eigenvalue weighted by Crippen LogP contribution is -2.48. The summed E-state index contributed by atoms with van der Waals surface area (Å²) in [6, 6.07) is 0. The van der Waals surface area contributed by atoms with Gasteiger partial charge in [0.25, 0.3) is 0 Å². The summed E-state index contributed by atoms with van der Waals surface area (Å²) in [7, 11) is -11.1. The Kier molecular flexibility index (Phi) is 7.26. The fraction of sp³-hybridized carbons (Fsp3) is 0.667. The summed E-state index contributed by atoms with van der Waals surface area (Å²) >= 11 is 0. The first-order valence-corrected chi connectivity index (χ1v) is 7.84. The minimum absolute atomic E-state index is 0.236. The predicted octanol–water partition coefficient (Wildman–Crippen LogP) is -3.62. The molecule has 0 aliphatic rings. The molecule has 0 aliphatic carbocycles. The standard InChI is InChI=1S/C6H12O13P2/c7-1-2(8)3(9)4(10)5(11)6(12)18-21(16,17)19-20(13,14)15/h1-5,8-11H,(H,16,17)(H2,13,14,15)/t2-,3+,4-,5-/m0/s1. The van der Waals surface area contributed by atoms with Crippen molar-refractivity contribution >= 4 is 27.9 Å². The summed E-state index contributed by atoms with van der Waals surface area (Å²) in [5.41, 5.74) is 0. The smallest absolute Gasteiger partial charge is 0.387 e. The highest BCUT2D eigenvalue weighted by Crippen LogP contribution is 2.57. The fourth-order valence-electron chi connectivity index (χ4n) is 0.927. The topological polar surface area (TPSA) is 228 Å². The summed E-state index contributed by atoms with van der Waals surface area (Å²) in [5, 5.41) is 36.3. The van der Waals surface area contributed by atoms with Gasteiger partial charge in [0.15, 0.2) is 12.4 Å². The molecule has 0 spiro atoms. The lowest BCUT2D eigenvalue weighted by atomic mass is 10.0. The average Bonchev–Trinajstić information content (AvgIpc) is 2.31. The highest BCUT2D eigenvalue weighted by atomic mass is 31.3. The second kappa shape index (κ2) is 7.51. The Morgan fingerprint density at radius 1 is 1.00 bits per heavy atom. The third kappa shape index (κ3) is 7.20. The van der Waals surface area contributed by atoms with Crippen molar-refractivity contribution in [1.82, 2.24) is 0 Å². The molecule has 0 aliphatic heterocycles. The first-order chi connectivity index (χ1) is 9.30. The van der Waals surface area contributed by atoms with Crippen LogP contribution in [0.1, 0.15) is 0 Å². The highest BCUT2D eigenvalue weighted by Gasteiger charge is 2.41. The lowest BCUT2D eigenvalue weighted by Gasteiger charge is -2.23. The second-order valence-electron chi connectivity index (χ2n) is 3.50. The zero-order valence-corrected chi connectivity index (χ0v) is 11.7. The number of hydrogen-bond acceptors (Lipinski definition) is 10. The molecule has 5 atom stereocenters. The van der Waals surface area contributed by atoms with Gasteiger partial charge in [0, 0.05) is 0 Å². The molecule has 0 rings (SSSR count). The first kappa shape index (κ1) is 20.3. The van der Waals surface area contributed by atoms with Gasteiger partial charge in [0.2, 0.25) is 0 Å². The Morgan fingerprint density at radius 3 is 1.86 bits per heavy atom. The van der Waals surface area contributed by atoms with Crippen LogP contribution in [0.15, 0.2) is 0 Å².